The van der Waals surface area contributed by atoms with Crippen molar-refractivity contribution in [3.63, 3.8) is 0 Å². The van der Waals surface area contributed by atoms with E-state index in [1.54, 1.807) is 0 Å². The van der Waals surface area contributed by atoms with Crippen molar-refractivity contribution in [2.24, 2.45) is 0 Å². The Kier molecular flexibility index (Phi) is 11.4. The number of halogens is 2. The Balaban J connectivity index is 0.00000204. The fraction of sp³-hybridized carbons (Fsp3) is 0.296. The molecule has 1 aliphatic heterocycles. The van der Waals surface area contributed by atoms with E-state index in [4.69, 9.17) is 4.74 Å². The molecule has 1 saturated heterocycles. The van der Waals surface area contributed by atoms with E-state index in [1.165, 1.54) is 23.6 Å². The van der Waals surface area contributed by atoms with E-state index < -0.39 is 0 Å². The topological polar surface area (TPSA) is 42.0 Å². The highest BCUT2D eigenvalue weighted by Crippen LogP contribution is 2.29. The van der Waals surface area contributed by atoms with Crippen LogP contribution in [0.4, 0.5) is 0 Å². The van der Waals surface area contributed by atoms with Crippen molar-refractivity contribution in [2.45, 2.75) is 6.54 Å². The first kappa shape index (κ1) is 27.7. The lowest BCUT2D eigenvalue weighted by Gasteiger charge is -2.34. The minimum absolute atomic E-state index is 0. The van der Waals surface area contributed by atoms with Crippen LogP contribution in [-0.2, 0) is 16.1 Å². The Morgan fingerprint density at radius 1 is 0.853 bits per heavy atom. The molecule has 3 aromatic carbocycles. The maximum Gasteiger partial charge on any atom is 0.343 e. The third-order valence-electron chi connectivity index (χ3n) is 5.88. The molecule has 0 saturated carbocycles. The van der Waals surface area contributed by atoms with Gasteiger partial charge in [0, 0.05) is 44.7 Å². The van der Waals surface area contributed by atoms with Gasteiger partial charge >= 0.3 is 5.97 Å². The van der Waals surface area contributed by atoms with Crippen LogP contribution in [0.1, 0.15) is 11.1 Å². The highest BCUT2D eigenvalue weighted by atomic mass is 35.5. The predicted octanol–water partition coefficient (Wildman–Crippen LogP) is 5.07. The first-order chi connectivity index (χ1) is 15.7. The van der Waals surface area contributed by atoms with Crippen molar-refractivity contribution in [3.05, 3.63) is 83.9 Å². The van der Waals surface area contributed by atoms with Gasteiger partial charge in [-0.1, -0.05) is 72.8 Å². The molecular formula is C27H32Cl2N2O3. The molecule has 0 N–H and O–H groups in total. The number of carbonyl (C=O) groups excluding carboxylic acids is 1. The number of fused-ring (bicyclic) bond motifs is 1. The van der Waals surface area contributed by atoms with Crippen molar-refractivity contribution in [1.82, 2.24) is 9.80 Å². The van der Waals surface area contributed by atoms with Crippen molar-refractivity contribution in [1.29, 1.82) is 0 Å². The summed E-state index contributed by atoms with van der Waals surface area (Å²) in [5.41, 5.74) is 2.53. The number of methoxy groups -OCH3 is 1. The highest BCUT2D eigenvalue weighted by molar-refractivity contribution is 5.91. The molecule has 1 heterocycles. The molecule has 0 atom stereocenters. The van der Waals surface area contributed by atoms with Gasteiger partial charge in [0.15, 0.2) is 6.61 Å². The number of hydrogen-bond donors (Lipinski definition) is 0. The van der Waals surface area contributed by atoms with Crippen molar-refractivity contribution in [3.8, 4) is 5.75 Å². The van der Waals surface area contributed by atoms with Crippen LogP contribution < -0.4 is 4.74 Å². The summed E-state index contributed by atoms with van der Waals surface area (Å²) in [6.45, 7) is 6.04. The van der Waals surface area contributed by atoms with Crippen LogP contribution in [0.5, 0.6) is 5.75 Å². The number of piperazine rings is 1. The fourth-order valence-electron chi connectivity index (χ4n) is 4.07. The van der Waals surface area contributed by atoms with Crippen LogP contribution in [0.15, 0.2) is 72.8 Å². The van der Waals surface area contributed by atoms with E-state index in [1.807, 2.05) is 30.3 Å². The third-order valence-corrected chi connectivity index (χ3v) is 5.88. The van der Waals surface area contributed by atoms with Crippen LogP contribution in [0.2, 0.25) is 0 Å². The Morgan fingerprint density at radius 2 is 1.50 bits per heavy atom. The van der Waals surface area contributed by atoms with Gasteiger partial charge in [-0.15, -0.1) is 24.8 Å². The zero-order valence-electron chi connectivity index (χ0n) is 19.4. The highest BCUT2D eigenvalue weighted by Gasteiger charge is 2.17. The summed E-state index contributed by atoms with van der Waals surface area (Å²) in [7, 11) is 1.37. The number of nitrogens with zero attached hydrogens (tertiary/aromatic N) is 2. The van der Waals surface area contributed by atoms with E-state index >= 15 is 0 Å². The van der Waals surface area contributed by atoms with Gasteiger partial charge in [-0.25, -0.2) is 4.79 Å². The van der Waals surface area contributed by atoms with Crippen LogP contribution in [0.3, 0.4) is 0 Å². The van der Waals surface area contributed by atoms with Crippen LogP contribution in [0.25, 0.3) is 16.8 Å². The van der Waals surface area contributed by atoms with Gasteiger partial charge in [0.05, 0.1) is 7.11 Å². The molecule has 5 nitrogen and oxygen atoms in total. The average molecular weight is 503 g/mol. The summed E-state index contributed by atoms with van der Waals surface area (Å²) in [5, 5.41) is 2.20. The molecule has 0 aliphatic carbocycles. The van der Waals surface area contributed by atoms with Gasteiger partial charge in [-0.2, -0.15) is 0 Å². The molecule has 0 unspecified atom stereocenters. The molecule has 0 aromatic heterocycles. The largest absolute Gasteiger partial charge is 0.481 e. The molecule has 3 aromatic rings. The van der Waals surface area contributed by atoms with Gasteiger partial charge in [-0.3, -0.25) is 9.80 Å². The Labute approximate surface area is 214 Å². The monoisotopic (exact) mass is 502 g/mol. The zero-order valence-corrected chi connectivity index (χ0v) is 21.0. The molecule has 0 spiro atoms. The molecule has 0 radical (unpaired) electrons. The van der Waals surface area contributed by atoms with Gasteiger partial charge in [0.2, 0.25) is 0 Å². The van der Waals surface area contributed by atoms with E-state index in [0.717, 1.165) is 44.7 Å². The lowest BCUT2D eigenvalue weighted by molar-refractivity contribution is -0.142. The first-order valence-electron chi connectivity index (χ1n) is 11.1. The molecule has 1 aliphatic rings. The average Bonchev–Trinajstić information content (AvgIpc) is 2.85. The van der Waals surface area contributed by atoms with E-state index in [-0.39, 0.29) is 37.4 Å². The predicted molar refractivity (Wildman–Crippen MR) is 143 cm³/mol. The summed E-state index contributed by atoms with van der Waals surface area (Å²) in [5.74, 6) is 0.333. The van der Waals surface area contributed by atoms with Gasteiger partial charge < -0.3 is 9.47 Å². The van der Waals surface area contributed by atoms with Gasteiger partial charge in [0.1, 0.15) is 5.75 Å². The van der Waals surface area contributed by atoms with Crippen LogP contribution in [0, 0.1) is 0 Å². The van der Waals surface area contributed by atoms with Gasteiger partial charge in [-0.05, 0) is 22.6 Å². The third kappa shape index (κ3) is 7.47. The molecular weight excluding hydrogens is 471 g/mol. The Morgan fingerprint density at radius 3 is 2.21 bits per heavy atom. The van der Waals surface area contributed by atoms with Crippen LogP contribution >= 0.6 is 24.8 Å². The molecule has 0 amide bonds. The normalized spacial score (nSPS) is 14.4. The minimum atomic E-state index is -0.380. The maximum atomic E-state index is 11.5. The van der Waals surface area contributed by atoms with Crippen molar-refractivity contribution in [2.75, 3.05) is 46.4 Å². The number of benzene rings is 3. The molecule has 34 heavy (non-hydrogen) atoms. The molecule has 182 valence electrons. The van der Waals surface area contributed by atoms with E-state index in [9.17, 15) is 4.79 Å². The number of hydrogen-bond acceptors (Lipinski definition) is 5. The summed E-state index contributed by atoms with van der Waals surface area (Å²) >= 11 is 0. The maximum absolute atomic E-state index is 11.5. The smallest absolute Gasteiger partial charge is 0.343 e. The summed E-state index contributed by atoms with van der Waals surface area (Å²) in [4.78, 5) is 16.5. The summed E-state index contributed by atoms with van der Waals surface area (Å²) in [6, 6.07) is 22.7. The Bertz CT molecular complexity index is 1070. The van der Waals surface area contributed by atoms with Crippen molar-refractivity contribution < 1.29 is 14.3 Å². The lowest BCUT2D eigenvalue weighted by atomic mass is 10.0. The molecule has 1 fully saturated rings. The second-order valence-electron chi connectivity index (χ2n) is 8.02. The number of ether oxygens (including phenoxy) is 2. The second-order valence-corrected chi connectivity index (χ2v) is 8.02. The second kappa shape index (κ2) is 14.0. The van der Waals surface area contributed by atoms with Gasteiger partial charge in [0.25, 0.3) is 0 Å². The molecule has 4 rings (SSSR count). The number of rotatable bonds is 8. The lowest BCUT2D eigenvalue weighted by Crippen LogP contribution is -2.45. The van der Waals surface area contributed by atoms with E-state index in [0.29, 0.717) is 5.75 Å². The molecule has 7 heteroatoms. The summed E-state index contributed by atoms with van der Waals surface area (Å²) < 4.78 is 10.4. The van der Waals surface area contributed by atoms with Crippen LogP contribution in [-0.4, -0.2) is 62.2 Å². The zero-order chi connectivity index (χ0) is 22.2. The SMILES string of the molecule is COC(=O)COc1ccc(CN2CCN(C/C=C/c3ccccc3)CC2)c2ccccc12.Cl.Cl. The fourth-order valence-corrected chi connectivity index (χ4v) is 4.07. The standard InChI is InChI=1S/C27H30N2O3.2ClH/c1-31-27(30)21-32-26-14-13-23(24-11-5-6-12-25(24)26)20-29-18-16-28(17-19-29)15-7-10-22-8-3-2-4-9-22;;/h2-14H,15-21H2,1H3;2*1H/b10-7+;;. The quantitative estimate of drug-likeness (QED) is 0.402. The first-order valence-corrected chi connectivity index (χ1v) is 11.1. The molecule has 0 bridgehead atoms. The van der Waals surface area contributed by atoms with Crippen molar-refractivity contribution >= 4 is 47.6 Å². The summed E-state index contributed by atoms with van der Waals surface area (Å²) in [6.07, 6.45) is 4.45. The number of esters is 1. The number of carbonyl (C=O) groups is 1. The Hall–Kier alpha value is -2.57. The van der Waals surface area contributed by atoms with E-state index in [2.05, 4.69) is 63.1 Å². The minimum Gasteiger partial charge on any atom is -0.481 e.